The standard InChI is InChI=1S/C6H3N3O2/c7-3-5-4-8-2-1-6(5)9(10)11/h1-2,4H. The lowest BCUT2D eigenvalue weighted by atomic mass is 10.3. The minimum absolute atomic E-state index is 0.0162. The highest BCUT2D eigenvalue weighted by Crippen LogP contribution is 2.13. The molecule has 1 rings (SSSR count). The maximum Gasteiger partial charge on any atom is 0.290 e. The second-order valence-corrected chi connectivity index (χ2v) is 1.76. The SMILES string of the molecule is N#Cc1cnccc1[N+](=O)[O-]. The highest BCUT2D eigenvalue weighted by atomic mass is 16.6. The van der Waals surface area contributed by atoms with Crippen molar-refractivity contribution in [1.82, 2.24) is 4.98 Å². The van der Waals surface area contributed by atoms with Crippen LogP contribution in [0.5, 0.6) is 0 Å². The van der Waals surface area contributed by atoms with Gasteiger partial charge in [-0.15, -0.1) is 0 Å². The third kappa shape index (κ3) is 1.30. The van der Waals surface area contributed by atoms with Gasteiger partial charge in [-0.3, -0.25) is 15.1 Å². The molecule has 0 atom stereocenters. The zero-order valence-corrected chi connectivity index (χ0v) is 5.39. The number of hydrogen-bond acceptors (Lipinski definition) is 4. The quantitative estimate of drug-likeness (QED) is 0.438. The maximum atomic E-state index is 10.2. The molecule has 54 valence electrons. The Hall–Kier alpha value is -1.96. The van der Waals surface area contributed by atoms with Crippen LogP contribution in [-0.2, 0) is 0 Å². The van der Waals surface area contributed by atoms with Crippen LogP contribution in [0.15, 0.2) is 18.5 Å². The van der Waals surface area contributed by atoms with E-state index in [2.05, 4.69) is 4.98 Å². The molecule has 0 amide bonds. The Kier molecular flexibility index (Phi) is 1.79. The number of nitriles is 1. The van der Waals surface area contributed by atoms with E-state index in [1.165, 1.54) is 12.3 Å². The van der Waals surface area contributed by atoms with E-state index in [4.69, 9.17) is 5.26 Å². The molecular formula is C6H3N3O2. The van der Waals surface area contributed by atoms with E-state index in [9.17, 15) is 10.1 Å². The van der Waals surface area contributed by atoms with Crippen molar-refractivity contribution in [3.05, 3.63) is 34.1 Å². The van der Waals surface area contributed by atoms with Gasteiger partial charge in [0.2, 0.25) is 0 Å². The fourth-order valence-corrected chi connectivity index (χ4v) is 0.632. The second-order valence-electron chi connectivity index (χ2n) is 1.76. The van der Waals surface area contributed by atoms with Gasteiger partial charge in [0.05, 0.1) is 11.1 Å². The second kappa shape index (κ2) is 2.75. The molecule has 0 radical (unpaired) electrons. The van der Waals surface area contributed by atoms with Gasteiger partial charge in [0.25, 0.3) is 5.69 Å². The first kappa shape index (κ1) is 7.15. The average Bonchev–Trinajstić information content (AvgIpc) is 2.04. The van der Waals surface area contributed by atoms with Crippen LogP contribution < -0.4 is 0 Å². The lowest BCUT2D eigenvalue weighted by molar-refractivity contribution is -0.385. The van der Waals surface area contributed by atoms with Gasteiger partial charge in [-0.1, -0.05) is 0 Å². The van der Waals surface area contributed by atoms with Crippen LogP contribution in [0.3, 0.4) is 0 Å². The molecule has 5 heteroatoms. The summed E-state index contributed by atoms with van der Waals surface area (Å²) >= 11 is 0. The van der Waals surface area contributed by atoms with Gasteiger partial charge in [0, 0.05) is 12.3 Å². The molecule has 0 unspecified atom stereocenters. The van der Waals surface area contributed by atoms with Crippen molar-refractivity contribution in [3.63, 3.8) is 0 Å². The first-order valence-corrected chi connectivity index (χ1v) is 2.74. The lowest BCUT2D eigenvalue weighted by Gasteiger charge is -1.90. The van der Waals surface area contributed by atoms with E-state index in [1.807, 2.05) is 0 Å². The van der Waals surface area contributed by atoms with Crippen molar-refractivity contribution in [2.45, 2.75) is 0 Å². The molecule has 0 aliphatic heterocycles. The molecule has 0 spiro atoms. The summed E-state index contributed by atoms with van der Waals surface area (Å²) in [4.78, 5) is 13.2. The predicted molar refractivity (Wildman–Crippen MR) is 35.6 cm³/mol. The molecule has 11 heavy (non-hydrogen) atoms. The smallest absolute Gasteiger partial charge is 0.263 e. The Bertz CT molecular complexity index is 329. The van der Waals surface area contributed by atoms with Crippen molar-refractivity contribution >= 4 is 5.69 Å². The largest absolute Gasteiger partial charge is 0.290 e. The van der Waals surface area contributed by atoms with Gasteiger partial charge in [0.15, 0.2) is 0 Å². The zero-order chi connectivity index (χ0) is 8.27. The molecule has 0 bridgehead atoms. The van der Waals surface area contributed by atoms with Crippen LogP contribution in [-0.4, -0.2) is 9.91 Å². The highest BCUT2D eigenvalue weighted by molar-refractivity contribution is 5.45. The van der Waals surface area contributed by atoms with Gasteiger partial charge in [0.1, 0.15) is 11.6 Å². The third-order valence-electron chi connectivity index (χ3n) is 1.12. The monoisotopic (exact) mass is 149 g/mol. The number of nitrogens with zero attached hydrogens (tertiary/aromatic N) is 3. The summed E-state index contributed by atoms with van der Waals surface area (Å²) in [6, 6.07) is 2.87. The molecular weight excluding hydrogens is 146 g/mol. The molecule has 0 aliphatic carbocycles. The average molecular weight is 149 g/mol. The molecule has 0 saturated heterocycles. The first-order chi connectivity index (χ1) is 5.25. The van der Waals surface area contributed by atoms with Crippen molar-refractivity contribution in [3.8, 4) is 6.07 Å². The maximum absolute atomic E-state index is 10.2. The highest BCUT2D eigenvalue weighted by Gasteiger charge is 2.11. The van der Waals surface area contributed by atoms with Crippen molar-refractivity contribution in [1.29, 1.82) is 5.26 Å². The zero-order valence-electron chi connectivity index (χ0n) is 5.39. The first-order valence-electron chi connectivity index (χ1n) is 2.74. The van der Waals surface area contributed by atoms with E-state index < -0.39 is 4.92 Å². The Balaban J connectivity index is 3.26. The molecule has 1 heterocycles. The van der Waals surface area contributed by atoms with Crippen LogP contribution in [0.25, 0.3) is 0 Å². The van der Waals surface area contributed by atoms with Gasteiger partial charge in [-0.2, -0.15) is 5.26 Å². The number of rotatable bonds is 1. The summed E-state index contributed by atoms with van der Waals surface area (Å²) in [5.41, 5.74) is -0.222. The Labute approximate surface area is 62.1 Å². The molecule has 0 fully saturated rings. The fraction of sp³-hybridized carbons (Fsp3) is 0. The number of pyridine rings is 1. The Morgan fingerprint density at radius 3 is 2.91 bits per heavy atom. The predicted octanol–water partition coefficient (Wildman–Crippen LogP) is 0.861. The Morgan fingerprint density at radius 1 is 1.73 bits per heavy atom. The number of nitro groups is 1. The molecule has 5 nitrogen and oxygen atoms in total. The van der Waals surface area contributed by atoms with Crippen LogP contribution in [0.2, 0.25) is 0 Å². The molecule has 1 aromatic rings. The summed E-state index contributed by atoms with van der Waals surface area (Å²) in [7, 11) is 0. The molecule has 0 N–H and O–H groups in total. The number of hydrogen-bond donors (Lipinski definition) is 0. The summed E-state index contributed by atoms with van der Waals surface area (Å²) < 4.78 is 0. The van der Waals surface area contributed by atoms with Gasteiger partial charge in [-0.05, 0) is 0 Å². The normalized spacial score (nSPS) is 8.64. The topological polar surface area (TPSA) is 79.8 Å². The van der Waals surface area contributed by atoms with E-state index in [-0.39, 0.29) is 11.3 Å². The van der Waals surface area contributed by atoms with E-state index in [0.29, 0.717) is 0 Å². The molecule has 1 aromatic heterocycles. The van der Waals surface area contributed by atoms with Crippen LogP contribution in [0.4, 0.5) is 5.69 Å². The summed E-state index contributed by atoms with van der Waals surface area (Å²) in [5.74, 6) is 0. The van der Waals surface area contributed by atoms with E-state index in [0.717, 1.165) is 6.20 Å². The molecule has 0 aromatic carbocycles. The van der Waals surface area contributed by atoms with Gasteiger partial charge < -0.3 is 0 Å². The van der Waals surface area contributed by atoms with Gasteiger partial charge in [-0.25, -0.2) is 0 Å². The van der Waals surface area contributed by atoms with Crippen molar-refractivity contribution < 1.29 is 4.92 Å². The van der Waals surface area contributed by atoms with Crippen molar-refractivity contribution in [2.24, 2.45) is 0 Å². The van der Waals surface area contributed by atoms with Crippen LogP contribution in [0, 0.1) is 21.4 Å². The summed E-state index contributed by atoms with van der Waals surface area (Å²) in [6.07, 6.45) is 2.44. The minimum atomic E-state index is -0.611. The van der Waals surface area contributed by atoms with E-state index in [1.54, 1.807) is 6.07 Å². The van der Waals surface area contributed by atoms with Crippen LogP contribution in [0.1, 0.15) is 5.56 Å². The fourth-order valence-electron chi connectivity index (χ4n) is 0.632. The summed E-state index contributed by atoms with van der Waals surface area (Å²) in [5, 5.41) is 18.6. The summed E-state index contributed by atoms with van der Waals surface area (Å²) in [6.45, 7) is 0. The molecule has 0 saturated carbocycles. The van der Waals surface area contributed by atoms with Crippen molar-refractivity contribution in [2.75, 3.05) is 0 Å². The van der Waals surface area contributed by atoms with Gasteiger partial charge >= 0.3 is 0 Å². The Morgan fingerprint density at radius 2 is 2.45 bits per heavy atom. The molecule has 0 aliphatic rings. The van der Waals surface area contributed by atoms with E-state index >= 15 is 0 Å². The third-order valence-corrected chi connectivity index (χ3v) is 1.12. The lowest BCUT2D eigenvalue weighted by Crippen LogP contribution is -1.91. The number of aromatic nitrogens is 1. The van der Waals surface area contributed by atoms with Crippen LogP contribution >= 0.6 is 0 Å². The minimum Gasteiger partial charge on any atom is -0.263 e.